The minimum Gasteiger partial charge on any atom is -0.256 e. The van der Waals surface area contributed by atoms with Crippen LogP contribution in [0.5, 0.6) is 0 Å². The minimum atomic E-state index is 0.633. The molecule has 3 heteroatoms. The molecule has 0 atom stereocenters. The molecule has 0 radical (unpaired) electrons. The molecule has 0 saturated heterocycles. The molecule has 0 unspecified atom stereocenters. The van der Waals surface area contributed by atoms with E-state index in [0.29, 0.717) is 10.0 Å². The molecule has 1 aromatic carbocycles. The predicted octanol–water partition coefficient (Wildman–Crippen LogP) is 4.67. The zero-order chi connectivity index (χ0) is 11.7. The number of benzene rings is 1. The smallest absolute Gasteiger partial charge is 0.0748 e. The Morgan fingerprint density at radius 3 is 2.50 bits per heavy atom. The lowest BCUT2D eigenvalue weighted by atomic mass is 10.0. The van der Waals surface area contributed by atoms with E-state index in [0.717, 1.165) is 16.8 Å². The topological polar surface area (TPSA) is 12.9 Å². The number of aromatic nitrogens is 1. The Bertz CT molecular complexity index is 535. The summed E-state index contributed by atoms with van der Waals surface area (Å²) < 4.78 is 0. The molecule has 1 nitrogen and oxygen atoms in total. The summed E-state index contributed by atoms with van der Waals surface area (Å²) in [6.45, 7) is 4.10. The van der Waals surface area contributed by atoms with Gasteiger partial charge in [-0.1, -0.05) is 23.2 Å². The zero-order valence-electron chi connectivity index (χ0n) is 9.09. The van der Waals surface area contributed by atoms with Crippen molar-refractivity contribution in [2.24, 2.45) is 0 Å². The van der Waals surface area contributed by atoms with Crippen LogP contribution < -0.4 is 0 Å². The van der Waals surface area contributed by atoms with Crippen molar-refractivity contribution in [3.8, 4) is 11.3 Å². The zero-order valence-corrected chi connectivity index (χ0v) is 10.6. The summed E-state index contributed by atoms with van der Waals surface area (Å²) in [5.41, 5.74) is 4.19. The van der Waals surface area contributed by atoms with Crippen molar-refractivity contribution in [3.63, 3.8) is 0 Å². The van der Waals surface area contributed by atoms with E-state index in [4.69, 9.17) is 23.2 Å². The van der Waals surface area contributed by atoms with Gasteiger partial charge in [0.15, 0.2) is 0 Å². The summed E-state index contributed by atoms with van der Waals surface area (Å²) in [7, 11) is 0. The average Bonchev–Trinajstić information content (AvgIpc) is 2.23. The van der Waals surface area contributed by atoms with E-state index in [1.54, 1.807) is 12.3 Å². The molecule has 1 aromatic heterocycles. The number of pyridine rings is 1. The van der Waals surface area contributed by atoms with Gasteiger partial charge in [0.2, 0.25) is 0 Å². The van der Waals surface area contributed by atoms with Crippen LogP contribution in [0.15, 0.2) is 30.5 Å². The van der Waals surface area contributed by atoms with Gasteiger partial charge >= 0.3 is 0 Å². The van der Waals surface area contributed by atoms with E-state index < -0.39 is 0 Å². The van der Waals surface area contributed by atoms with Crippen LogP contribution in [0, 0.1) is 13.8 Å². The van der Waals surface area contributed by atoms with Gasteiger partial charge in [-0.25, -0.2) is 0 Å². The lowest BCUT2D eigenvalue weighted by molar-refractivity contribution is 1.22. The van der Waals surface area contributed by atoms with Crippen LogP contribution in [0.3, 0.4) is 0 Å². The van der Waals surface area contributed by atoms with Gasteiger partial charge < -0.3 is 0 Å². The molecule has 0 aliphatic rings. The first kappa shape index (κ1) is 11.4. The van der Waals surface area contributed by atoms with Crippen molar-refractivity contribution >= 4 is 23.2 Å². The van der Waals surface area contributed by atoms with Gasteiger partial charge in [0.05, 0.1) is 10.7 Å². The van der Waals surface area contributed by atoms with Crippen LogP contribution in [0.1, 0.15) is 11.1 Å². The maximum Gasteiger partial charge on any atom is 0.0748 e. The molecule has 0 N–H and O–H groups in total. The Labute approximate surface area is 105 Å². The van der Waals surface area contributed by atoms with Gasteiger partial charge in [-0.3, -0.25) is 4.98 Å². The van der Waals surface area contributed by atoms with Gasteiger partial charge in [0.25, 0.3) is 0 Å². The average molecular weight is 252 g/mol. The summed E-state index contributed by atoms with van der Waals surface area (Å²) in [4.78, 5) is 4.37. The first-order valence-corrected chi connectivity index (χ1v) is 5.73. The molecule has 2 rings (SSSR count). The van der Waals surface area contributed by atoms with Crippen LogP contribution in [0.25, 0.3) is 11.3 Å². The Hall–Kier alpha value is -1.05. The predicted molar refractivity (Wildman–Crippen MR) is 69.2 cm³/mol. The summed E-state index contributed by atoms with van der Waals surface area (Å²) in [5, 5.41) is 1.27. The number of rotatable bonds is 1. The highest BCUT2D eigenvalue weighted by atomic mass is 35.5. The number of hydrogen-bond donors (Lipinski definition) is 0. The number of aryl methyl sites for hydroxylation is 1. The fourth-order valence-corrected chi connectivity index (χ4v) is 2.08. The molecule has 0 aliphatic heterocycles. The lowest BCUT2D eigenvalue weighted by Crippen LogP contribution is -1.91. The van der Waals surface area contributed by atoms with Crippen LogP contribution in [-0.2, 0) is 0 Å². The minimum absolute atomic E-state index is 0.633. The number of nitrogens with zero attached hydrogens (tertiary/aromatic N) is 1. The van der Waals surface area contributed by atoms with Crippen molar-refractivity contribution in [2.75, 3.05) is 0 Å². The Balaban J connectivity index is 2.63. The van der Waals surface area contributed by atoms with Crippen LogP contribution in [0.4, 0.5) is 0 Å². The highest BCUT2D eigenvalue weighted by Crippen LogP contribution is 2.31. The second-order valence-electron chi connectivity index (χ2n) is 3.73. The second-order valence-corrected chi connectivity index (χ2v) is 4.57. The molecular weight excluding hydrogens is 241 g/mol. The number of hydrogen-bond acceptors (Lipinski definition) is 1. The van der Waals surface area contributed by atoms with Gasteiger partial charge in [0, 0.05) is 16.8 Å². The van der Waals surface area contributed by atoms with Crippen molar-refractivity contribution < 1.29 is 0 Å². The molecule has 0 spiro atoms. The molecule has 16 heavy (non-hydrogen) atoms. The van der Waals surface area contributed by atoms with E-state index in [1.165, 1.54) is 5.56 Å². The fraction of sp³-hybridized carbons (Fsp3) is 0.154. The Morgan fingerprint density at radius 1 is 1.06 bits per heavy atom. The summed E-state index contributed by atoms with van der Waals surface area (Å²) in [6, 6.07) is 7.45. The molecular formula is C13H11Cl2N. The largest absolute Gasteiger partial charge is 0.256 e. The van der Waals surface area contributed by atoms with Crippen molar-refractivity contribution in [3.05, 3.63) is 51.6 Å². The van der Waals surface area contributed by atoms with Gasteiger partial charge in [-0.2, -0.15) is 0 Å². The van der Waals surface area contributed by atoms with Crippen molar-refractivity contribution in [2.45, 2.75) is 13.8 Å². The third-order valence-corrected chi connectivity index (χ3v) is 3.21. The molecule has 0 fully saturated rings. The monoisotopic (exact) mass is 251 g/mol. The SMILES string of the molecule is Cc1ccnc(-c2ccc(Cl)cc2Cl)c1C. The molecule has 0 bridgehead atoms. The van der Waals surface area contributed by atoms with E-state index in [1.807, 2.05) is 25.1 Å². The Morgan fingerprint density at radius 2 is 1.81 bits per heavy atom. The maximum atomic E-state index is 6.16. The fourth-order valence-electron chi connectivity index (χ4n) is 1.59. The molecule has 0 saturated carbocycles. The molecule has 2 aromatic rings. The molecule has 0 amide bonds. The third-order valence-electron chi connectivity index (χ3n) is 2.66. The van der Waals surface area contributed by atoms with Crippen molar-refractivity contribution in [1.29, 1.82) is 0 Å². The molecule has 82 valence electrons. The quantitative estimate of drug-likeness (QED) is 0.718. The summed E-state index contributed by atoms with van der Waals surface area (Å²) >= 11 is 12.0. The second kappa shape index (κ2) is 4.44. The third kappa shape index (κ3) is 2.06. The van der Waals surface area contributed by atoms with Gasteiger partial charge in [0.1, 0.15) is 0 Å². The van der Waals surface area contributed by atoms with E-state index in [9.17, 15) is 0 Å². The van der Waals surface area contributed by atoms with Gasteiger partial charge in [-0.05, 0) is 49.2 Å². The molecule has 0 aliphatic carbocycles. The summed E-state index contributed by atoms with van der Waals surface area (Å²) in [5.74, 6) is 0. The van der Waals surface area contributed by atoms with E-state index in [-0.39, 0.29) is 0 Å². The highest BCUT2D eigenvalue weighted by molar-refractivity contribution is 6.36. The van der Waals surface area contributed by atoms with Crippen LogP contribution >= 0.6 is 23.2 Å². The maximum absolute atomic E-state index is 6.16. The van der Waals surface area contributed by atoms with Crippen LogP contribution in [-0.4, -0.2) is 4.98 Å². The van der Waals surface area contributed by atoms with Crippen molar-refractivity contribution in [1.82, 2.24) is 4.98 Å². The normalized spacial score (nSPS) is 10.5. The molecule has 1 heterocycles. The first-order chi connectivity index (χ1) is 7.59. The standard InChI is InChI=1S/C13H11Cl2N/c1-8-5-6-16-13(9(8)2)11-4-3-10(14)7-12(11)15/h3-7H,1-2H3. The van der Waals surface area contributed by atoms with E-state index >= 15 is 0 Å². The lowest BCUT2D eigenvalue weighted by Gasteiger charge is -2.09. The Kier molecular flexibility index (Phi) is 3.17. The first-order valence-electron chi connectivity index (χ1n) is 4.97. The van der Waals surface area contributed by atoms with E-state index in [2.05, 4.69) is 11.9 Å². The van der Waals surface area contributed by atoms with Crippen LogP contribution in [0.2, 0.25) is 10.0 Å². The van der Waals surface area contributed by atoms with Gasteiger partial charge in [-0.15, -0.1) is 0 Å². The summed E-state index contributed by atoms with van der Waals surface area (Å²) in [6.07, 6.45) is 1.79. The highest BCUT2D eigenvalue weighted by Gasteiger charge is 2.09. The number of halogens is 2.